The van der Waals surface area contributed by atoms with Gasteiger partial charge in [-0.05, 0) is 13.0 Å². The lowest BCUT2D eigenvalue weighted by Gasteiger charge is -2.00. The molecule has 17 heavy (non-hydrogen) atoms. The molecule has 1 aromatic rings. The van der Waals surface area contributed by atoms with E-state index in [0.717, 1.165) is 0 Å². The van der Waals surface area contributed by atoms with E-state index in [4.69, 9.17) is 10.5 Å². The lowest BCUT2D eigenvalue weighted by Crippen LogP contribution is -1.98. The van der Waals surface area contributed by atoms with Crippen LogP contribution < -0.4 is 5.73 Å². The molecule has 0 atom stereocenters. The molecule has 0 fully saturated rings. The van der Waals surface area contributed by atoms with Gasteiger partial charge in [0.15, 0.2) is 0 Å². The molecule has 0 heterocycles. The third-order valence-electron chi connectivity index (χ3n) is 2.00. The Balaban J connectivity index is 2.65. The van der Waals surface area contributed by atoms with Gasteiger partial charge in [0.05, 0.1) is 12.3 Å². The first-order valence-electron chi connectivity index (χ1n) is 5.24. The molecule has 3 N–H and O–H groups in total. The summed E-state index contributed by atoms with van der Waals surface area (Å²) < 4.78 is 4.71. The SMILES string of the molecule is CCOC(=O)/C=C/C=C/c1cccc(N)c1O. The Bertz CT molecular complexity index is 450. The number of aromatic hydroxyl groups is 1. The van der Waals surface area contributed by atoms with Crippen molar-refractivity contribution < 1.29 is 14.6 Å². The van der Waals surface area contributed by atoms with Gasteiger partial charge in [0.2, 0.25) is 0 Å². The second kappa shape index (κ2) is 6.37. The summed E-state index contributed by atoms with van der Waals surface area (Å²) in [6.07, 6.45) is 6.14. The molecule has 0 amide bonds. The molecule has 0 aliphatic heterocycles. The van der Waals surface area contributed by atoms with E-state index in [-0.39, 0.29) is 5.75 Å². The minimum atomic E-state index is -0.394. The first kappa shape index (κ1) is 12.8. The smallest absolute Gasteiger partial charge is 0.330 e. The third-order valence-corrected chi connectivity index (χ3v) is 2.00. The molecule has 1 aromatic carbocycles. The Hall–Kier alpha value is -2.23. The molecule has 0 saturated carbocycles. The molecular weight excluding hydrogens is 218 g/mol. The van der Waals surface area contributed by atoms with E-state index in [1.807, 2.05) is 0 Å². The van der Waals surface area contributed by atoms with E-state index in [1.54, 1.807) is 43.4 Å². The molecule has 1 rings (SSSR count). The van der Waals surface area contributed by atoms with Crippen LogP contribution in [-0.2, 0) is 9.53 Å². The predicted octanol–water partition coefficient (Wildman–Crippen LogP) is 2.11. The van der Waals surface area contributed by atoms with E-state index in [2.05, 4.69) is 0 Å². The fraction of sp³-hybridized carbons (Fsp3) is 0.154. The second-order valence-electron chi connectivity index (χ2n) is 3.26. The van der Waals surface area contributed by atoms with Crippen LogP contribution in [0.15, 0.2) is 36.4 Å². The zero-order valence-corrected chi connectivity index (χ0v) is 9.59. The number of allylic oxidation sites excluding steroid dienone is 2. The number of phenols is 1. The number of para-hydroxylation sites is 1. The van der Waals surface area contributed by atoms with E-state index in [0.29, 0.717) is 17.9 Å². The maximum absolute atomic E-state index is 11.0. The minimum Gasteiger partial charge on any atom is -0.505 e. The van der Waals surface area contributed by atoms with Crippen LogP contribution in [0.25, 0.3) is 6.08 Å². The Morgan fingerprint density at radius 2 is 2.24 bits per heavy atom. The summed E-state index contributed by atoms with van der Waals surface area (Å²) in [6.45, 7) is 2.09. The minimum absolute atomic E-state index is 0.0354. The van der Waals surface area contributed by atoms with Gasteiger partial charge in [-0.3, -0.25) is 0 Å². The molecule has 0 spiro atoms. The van der Waals surface area contributed by atoms with Crippen LogP contribution in [-0.4, -0.2) is 17.7 Å². The predicted molar refractivity (Wildman–Crippen MR) is 67.3 cm³/mol. The number of benzene rings is 1. The van der Waals surface area contributed by atoms with Gasteiger partial charge in [0.25, 0.3) is 0 Å². The number of carbonyl (C=O) groups is 1. The monoisotopic (exact) mass is 233 g/mol. The molecule has 0 saturated heterocycles. The molecule has 0 aromatic heterocycles. The fourth-order valence-corrected chi connectivity index (χ4v) is 1.20. The van der Waals surface area contributed by atoms with E-state index in [1.165, 1.54) is 6.08 Å². The van der Waals surface area contributed by atoms with Crippen molar-refractivity contribution in [3.05, 3.63) is 42.0 Å². The van der Waals surface area contributed by atoms with Crippen LogP contribution in [0.3, 0.4) is 0 Å². The third kappa shape index (κ3) is 4.03. The number of hydrogen-bond donors (Lipinski definition) is 2. The summed E-state index contributed by atoms with van der Waals surface area (Å²) in [7, 11) is 0. The van der Waals surface area contributed by atoms with Crippen molar-refractivity contribution in [1.82, 2.24) is 0 Å². The van der Waals surface area contributed by atoms with Crippen molar-refractivity contribution in [2.45, 2.75) is 6.92 Å². The number of carbonyl (C=O) groups excluding carboxylic acids is 1. The van der Waals surface area contributed by atoms with Gasteiger partial charge in [-0.15, -0.1) is 0 Å². The number of phenolic OH excluding ortho intramolecular Hbond substituents is 1. The number of nitrogens with two attached hydrogens (primary N) is 1. The van der Waals surface area contributed by atoms with Gasteiger partial charge >= 0.3 is 5.97 Å². The highest BCUT2D eigenvalue weighted by molar-refractivity contribution is 5.82. The molecule has 0 bridgehead atoms. The summed E-state index contributed by atoms with van der Waals surface area (Å²) in [5.74, 6) is -0.359. The summed E-state index contributed by atoms with van der Waals surface area (Å²) >= 11 is 0. The van der Waals surface area contributed by atoms with Gasteiger partial charge in [0, 0.05) is 11.6 Å². The van der Waals surface area contributed by atoms with Gasteiger partial charge in [-0.2, -0.15) is 0 Å². The molecular formula is C13H15NO3. The van der Waals surface area contributed by atoms with Crippen LogP contribution in [0.2, 0.25) is 0 Å². The Morgan fingerprint density at radius 3 is 2.94 bits per heavy atom. The first-order valence-corrected chi connectivity index (χ1v) is 5.24. The molecule has 0 unspecified atom stereocenters. The van der Waals surface area contributed by atoms with Crippen molar-refractivity contribution in [3.8, 4) is 5.75 Å². The van der Waals surface area contributed by atoms with Crippen molar-refractivity contribution >= 4 is 17.7 Å². The normalized spacial score (nSPS) is 11.1. The standard InChI is InChI=1S/C13H15NO3/c1-2-17-12(15)9-4-3-6-10-7-5-8-11(14)13(10)16/h3-9,16H,2,14H2,1H3/b6-3+,9-4+. The van der Waals surface area contributed by atoms with E-state index in [9.17, 15) is 9.90 Å². The van der Waals surface area contributed by atoms with Crippen LogP contribution in [0.5, 0.6) is 5.75 Å². The van der Waals surface area contributed by atoms with E-state index >= 15 is 0 Å². The van der Waals surface area contributed by atoms with Crippen LogP contribution in [0, 0.1) is 0 Å². The number of rotatable bonds is 4. The lowest BCUT2D eigenvalue weighted by atomic mass is 10.1. The largest absolute Gasteiger partial charge is 0.505 e. The average Bonchev–Trinajstić information content (AvgIpc) is 2.30. The van der Waals surface area contributed by atoms with Crippen LogP contribution in [0.1, 0.15) is 12.5 Å². The van der Waals surface area contributed by atoms with E-state index < -0.39 is 5.97 Å². The first-order chi connectivity index (χ1) is 8.15. The van der Waals surface area contributed by atoms with Gasteiger partial charge < -0.3 is 15.6 Å². The van der Waals surface area contributed by atoms with Crippen molar-refractivity contribution in [2.75, 3.05) is 12.3 Å². The Morgan fingerprint density at radius 1 is 1.47 bits per heavy atom. The molecule has 4 heteroatoms. The molecule has 90 valence electrons. The van der Waals surface area contributed by atoms with Gasteiger partial charge in [-0.25, -0.2) is 4.79 Å². The molecule has 4 nitrogen and oxygen atoms in total. The highest BCUT2D eigenvalue weighted by Gasteiger charge is 1.99. The second-order valence-corrected chi connectivity index (χ2v) is 3.26. The molecule has 0 aliphatic rings. The Kier molecular flexibility index (Phi) is 4.81. The molecule has 0 aliphatic carbocycles. The Labute approximate surface area is 100 Å². The van der Waals surface area contributed by atoms with Crippen molar-refractivity contribution in [2.24, 2.45) is 0 Å². The van der Waals surface area contributed by atoms with Crippen molar-refractivity contribution in [3.63, 3.8) is 0 Å². The van der Waals surface area contributed by atoms with Gasteiger partial charge in [-0.1, -0.05) is 30.4 Å². The number of esters is 1. The fourth-order valence-electron chi connectivity index (χ4n) is 1.20. The number of nitrogen functional groups attached to an aromatic ring is 1. The topological polar surface area (TPSA) is 72.5 Å². The number of ether oxygens (including phenoxy) is 1. The summed E-state index contributed by atoms with van der Waals surface area (Å²) in [6, 6.07) is 5.07. The summed E-state index contributed by atoms with van der Waals surface area (Å²) in [5.41, 5.74) is 6.45. The summed E-state index contributed by atoms with van der Waals surface area (Å²) in [4.78, 5) is 11.0. The maximum Gasteiger partial charge on any atom is 0.330 e. The van der Waals surface area contributed by atoms with Gasteiger partial charge in [0.1, 0.15) is 5.75 Å². The average molecular weight is 233 g/mol. The zero-order valence-electron chi connectivity index (χ0n) is 9.59. The van der Waals surface area contributed by atoms with Crippen LogP contribution in [0.4, 0.5) is 5.69 Å². The molecule has 0 radical (unpaired) electrons. The number of hydrogen-bond acceptors (Lipinski definition) is 4. The summed E-state index contributed by atoms with van der Waals surface area (Å²) in [5, 5.41) is 9.60. The highest BCUT2D eigenvalue weighted by Crippen LogP contribution is 2.25. The maximum atomic E-state index is 11.0. The number of anilines is 1. The van der Waals surface area contributed by atoms with Crippen LogP contribution >= 0.6 is 0 Å². The van der Waals surface area contributed by atoms with Crippen molar-refractivity contribution in [1.29, 1.82) is 0 Å². The highest BCUT2D eigenvalue weighted by atomic mass is 16.5. The quantitative estimate of drug-likeness (QED) is 0.274. The zero-order chi connectivity index (χ0) is 12.7. The lowest BCUT2D eigenvalue weighted by molar-refractivity contribution is -0.137.